The van der Waals surface area contributed by atoms with Crippen molar-refractivity contribution in [1.82, 2.24) is 0 Å². The fourth-order valence-corrected chi connectivity index (χ4v) is 0. The first-order valence-electron chi connectivity index (χ1n) is 2.03. The Kier molecular flexibility index (Phi) is 56.6. The largest absolute Gasteiger partial charge is 2.00 e. The van der Waals surface area contributed by atoms with Crippen LogP contribution < -0.4 is 4.89 Å². The Hall–Kier alpha value is 2.25. The summed E-state index contributed by atoms with van der Waals surface area (Å²) in [7, 11) is 0.611. The molecule has 0 aliphatic carbocycles. The van der Waals surface area contributed by atoms with E-state index in [0.717, 1.165) is 6.66 Å². The van der Waals surface area contributed by atoms with E-state index in [2.05, 4.69) is 30.7 Å². The van der Waals surface area contributed by atoms with E-state index >= 15 is 0 Å². The van der Waals surface area contributed by atoms with Crippen LogP contribution in [0, 0.1) is 13.4 Å². The van der Waals surface area contributed by atoms with Gasteiger partial charge in [0, 0.05) is 39.4 Å². The zero-order valence-electron chi connectivity index (χ0n) is 6.97. The molecule has 0 aliphatic rings. The summed E-state index contributed by atoms with van der Waals surface area (Å²) < 4.78 is 13.2. The van der Waals surface area contributed by atoms with Crippen molar-refractivity contribution in [3.05, 3.63) is 13.4 Å². The molecule has 0 rings (SSSR count). The minimum atomic E-state index is -3.89. The number of hydrogen-bond acceptors (Lipinski definition) is 4. The third-order valence-corrected chi connectivity index (χ3v) is 0. The quantitative estimate of drug-likeness (QED) is 0.310. The fourth-order valence-electron chi connectivity index (χ4n) is 0. The van der Waals surface area contributed by atoms with E-state index in [1.54, 1.807) is 0 Å². The normalized spacial score (nSPS) is 10.9. The second-order valence-corrected chi connectivity index (χ2v) is 2.70. The van der Waals surface area contributed by atoms with Crippen molar-refractivity contribution in [3.8, 4) is 0 Å². The molecule has 0 fully saturated rings. The van der Waals surface area contributed by atoms with Gasteiger partial charge in [0.25, 0.3) is 0 Å². The summed E-state index contributed by atoms with van der Waals surface area (Å²) in [6, 6.07) is 0. The van der Waals surface area contributed by atoms with Gasteiger partial charge in [0.15, 0.2) is 0 Å². The van der Waals surface area contributed by atoms with Crippen molar-refractivity contribution in [2.75, 3.05) is 13.8 Å². The van der Waals surface area contributed by atoms with E-state index < -0.39 is 7.60 Å². The summed E-state index contributed by atoms with van der Waals surface area (Å²) in [5, 5.41) is 0. The summed E-state index contributed by atoms with van der Waals surface area (Å²) in [5.41, 5.74) is 0. The molecule has 1 atom stereocenters. The molecule has 4 nitrogen and oxygen atoms in total. The van der Waals surface area contributed by atoms with Crippen LogP contribution in [0.5, 0.6) is 0 Å². The van der Waals surface area contributed by atoms with Crippen molar-refractivity contribution in [3.63, 3.8) is 0 Å². The summed E-state index contributed by atoms with van der Waals surface area (Å²) in [6.45, 7) is 0.743. The molecule has 1 N–H and O–H groups in total. The molecule has 0 saturated heterocycles. The van der Waals surface area contributed by atoms with E-state index in [4.69, 9.17) is 4.89 Å². The maximum Gasteiger partial charge on any atom is 2.00 e. The first kappa shape index (κ1) is 29.2. The second-order valence-electron chi connectivity index (χ2n) is 1.09. The Labute approximate surface area is 119 Å². The molecule has 0 aromatic carbocycles. The summed E-state index contributed by atoms with van der Waals surface area (Å²) in [6.07, 6.45) is 2.94. The number of thiol groups is 1. The molecule has 73 valence electrons. The minimum Gasteiger partial charge on any atom is -0.779 e. The Morgan fingerprint density at radius 3 is 1.58 bits per heavy atom. The van der Waals surface area contributed by atoms with Crippen molar-refractivity contribution in [2.45, 2.75) is 0 Å². The van der Waals surface area contributed by atoms with Crippen LogP contribution in [-0.4, -0.2) is 18.7 Å². The number of rotatable bonds is 0. The van der Waals surface area contributed by atoms with E-state index in [-0.39, 0.29) is 53.8 Å². The van der Waals surface area contributed by atoms with E-state index in [9.17, 15) is 9.46 Å². The van der Waals surface area contributed by atoms with Gasteiger partial charge >= 0.3 is 21.1 Å². The van der Waals surface area contributed by atoms with Gasteiger partial charge in [-0.1, -0.05) is 0 Å². The maximum atomic E-state index is 9.22. The predicted molar refractivity (Wildman–Crippen MR) is 42.5 cm³/mol. The topological polar surface area (TPSA) is 69.6 Å². The molecule has 1 radical (unpaired) electrons. The molecule has 0 aliphatic heterocycles. The first-order chi connectivity index (χ1) is 4.41. The second kappa shape index (κ2) is 23.2. The number of ether oxygens (including phenoxy) is 1. The molecule has 0 aromatic heterocycles. The van der Waals surface area contributed by atoms with Crippen molar-refractivity contribution < 1.29 is 72.9 Å². The van der Waals surface area contributed by atoms with Gasteiger partial charge in [-0.05, 0) is 7.11 Å². The minimum absolute atomic E-state index is 0. The van der Waals surface area contributed by atoms with Crippen LogP contribution in [0.25, 0.3) is 0 Å². The molecule has 8 heteroatoms. The maximum absolute atomic E-state index is 9.22. The van der Waals surface area contributed by atoms with E-state index in [0.29, 0.717) is 0 Å². The van der Waals surface area contributed by atoms with Crippen molar-refractivity contribution in [1.29, 1.82) is 0 Å². The van der Waals surface area contributed by atoms with Crippen LogP contribution in [0.15, 0.2) is 0 Å². The molecular formula is C4H12O4PSWY-. The molecule has 0 amide bonds. The number of methoxy groups -OCH3 is 1. The van der Waals surface area contributed by atoms with Crippen LogP contribution >= 0.6 is 20.2 Å². The van der Waals surface area contributed by atoms with E-state index in [1.165, 1.54) is 7.11 Å². The van der Waals surface area contributed by atoms with Crippen molar-refractivity contribution in [2.24, 2.45) is 0 Å². The monoisotopic (exact) mass is 460 g/mol. The average molecular weight is 460 g/mol. The fraction of sp³-hybridized carbons (Fsp3) is 0.500. The molecule has 1 unspecified atom stereocenters. The smallest absolute Gasteiger partial charge is 0.779 e. The van der Waals surface area contributed by atoms with Gasteiger partial charge in [-0.2, -0.15) is 0 Å². The Balaban J connectivity index is -0.0000000209. The zero-order valence-corrected chi connectivity index (χ0v) is 14.5. The third-order valence-electron chi connectivity index (χ3n) is 0. The van der Waals surface area contributed by atoms with Crippen LogP contribution in [0.4, 0.5) is 0 Å². The van der Waals surface area contributed by atoms with Gasteiger partial charge in [-0.25, -0.2) is 7.11 Å². The first-order valence-corrected chi connectivity index (χ1v) is 4.68. The molecule has 0 bridgehead atoms. The Morgan fingerprint density at radius 1 is 1.58 bits per heavy atom. The van der Waals surface area contributed by atoms with Crippen LogP contribution in [0.2, 0.25) is 0 Å². The molecule has 0 spiro atoms. The summed E-state index contributed by atoms with van der Waals surface area (Å²) in [5.74, 6) is 0. The number of hydrogen-bond donors (Lipinski definition) is 2. The molecule has 12 heavy (non-hydrogen) atoms. The zero-order chi connectivity index (χ0) is 9.21. The van der Waals surface area contributed by atoms with Gasteiger partial charge in [-0.15, -0.1) is 0 Å². The van der Waals surface area contributed by atoms with Gasteiger partial charge in [-0.3, -0.25) is 6.26 Å². The third kappa shape index (κ3) is 306. The molecular weight excluding hydrogens is 448 g/mol. The van der Waals surface area contributed by atoms with Gasteiger partial charge in [0.1, 0.15) is 7.60 Å². The summed E-state index contributed by atoms with van der Waals surface area (Å²) >= 11 is 3.28. The standard InChI is InChI=1S/C2H5O.CH5O3P.CH3S.W.Y/c1-3-2;1-5(2,3)4;1-2;;/h1H2,2H3;1H3,(H2,2,3,4);2H,1H2;;/q-1;;-1;+2;/p-1. The summed E-state index contributed by atoms with van der Waals surface area (Å²) in [4.78, 5) is 16.7. The Morgan fingerprint density at radius 2 is 1.58 bits per heavy atom. The Bertz CT molecular complexity index is 82.9. The van der Waals surface area contributed by atoms with Crippen LogP contribution in [0.3, 0.4) is 0 Å². The molecule has 0 heterocycles. The van der Waals surface area contributed by atoms with Gasteiger partial charge < -0.3 is 31.7 Å². The predicted octanol–water partition coefficient (Wildman–Crippen LogP) is 0.289. The molecule has 0 aromatic rings. The van der Waals surface area contributed by atoms with Crippen molar-refractivity contribution >= 4 is 20.2 Å². The SMILES string of the molecule is CP(=O)([O-])O.[CH2-]OC.[CH2-]S.[W+2].[Y]. The van der Waals surface area contributed by atoms with Crippen LogP contribution in [0.1, 0.15) is 0 Å². The van der Waals surface area contributed by atoms with Crippen LogP contribution in [-0.2, 0) is 63.1 Å². The molecule has 0 saturated carbocycles. The average Bonchev–Trinajstić information content (AvgIpc) is 1.68. The van der Waals surface area contributed by atoms with E-state index in [1.807, 2.05) is 0 Å². The van der Waals surface area contributed by atoms with Gasteiger partial charge in [0.05, 0.1) is 0 Å². The van der Waals surface area contributed by atoms with Gasteiger partial charge in [0.2, 0.25) is 0 Å².